The molecule has 106 valence electrons. The van der Waals surface area contributed by atoms with Crippen molar-refractivity contribution in [2.45, 2.75) is 13.1 Å². The molecule has 2 heterocycles. The number of aromatic carboxylic acids is 1. The molecule has 0 aliphatic carbocycles. The second-order valence-corrected chi connectivity index (χ2v) is 3.86. The van der Waals surface area contributed by atoms with E-state index in [0.717, 1.165) is 5.69 Å². The molecule has 2 rings (SSSR count). The number of hydrogen-bond acceptors (Lipinski definition) is 5. The van der Waals surface area contributed by atoms with Crippen LogP contribution >= 0.6 is 0 Å². The molecular formula is C10H13N7O3. The summed E-state index contributed by atoms with van der Waals surface area (Å²) in [4.78, 5) is 28.7. The minimum atomic E-state index is -1.14. The molecule has 2 aromatic heterocycles. The first-order valence-corrected chi connectivity index (χ1v) is 5.77. The maximum absolute atomic E-state index is 11.4. The van der Waals surface area contributed by atoms with Crippen molar-refractivity contribution in [3.63, 3.8) is 0 Å². The lowest BCUT2D eigenvalue weighted by Crippen LogP contribution is -2.36. The zero-order chi connectivity index (χ0) is 14.4. The number of urea groups is 1. The lowest BCUT2D eigenvalue weighted by atomic mass is 10.5. The molecule has 0 aliphatic heterocycles. The van der Waals surface area contributed by atoms with E-state index in [2.05, 4.69) is 30.9 Å². The third-order valence-electron chi connectivity index (χ3n) is 2.38. The van der Waals surface area contributed by atoms with Crippen LogP contribution in [0, 0.1) is 0 Å². The molecule has 4 N–H and O–H groups in total. The average molecular weight is 279 g/mol. The summed E-state index contributed by atoms with van der Waals surface area (Å²) in [7, 11) is 0. The predicted molar refractivity (Wildman–Crippen MR) is 65.8 cm³/mol. The van der Waals surface area contributed by atoms with E-state index in [-0.39, 0.29) is 11.7 Å². The summed E-state index contributed by atoms with van der Waals surface area (Å²) < 4.78 is 1.35. The Morgan fingerprint density at radius 1 is 1.40 bits per heavy atom. The maximum Gasteiger partial charge on any atom is 0.358 e. The second-order valence-electron chi connectivity index (χ2n) is 3.86. The fourth-order valence-electron chi connectivity index (χ4n) is 1.41. The van der Waals surface area contributed by atoms with E-state index in [4.69, 9.17) is 5.11 Å². The molecule has 0 atom stereocenters. The van der Waals surface area contributed by atoms with Crippen molar-refractivity contribution in [3.8, 4) is 0 Å². The summed E-state index contributed by atoms with van der Waals surface area (Å²) >= 11 is 0. The maximum atomic E-state index is 11.4. The van der Waals surface area contributed by atoms with Crippen molar-refractivity contribution in [3.05, 3.63) is 30.1 Å². The van der Waals surface area contributed by atoms with Crippen LogP contribution in [-0.2, 0) is 13.1 Å². The zero-order valence-corrected chi connectivity index (χ0v) is 10.4. The van der Waals surface area contributed by atoms with Crippen LogP contribution in [0.2, 0.25) is 0 Å². The number of rotatable bonds is 6. The van der Waals surface area contributed by atoms with Gasteiger partial charge < -0.3 is 20.7 Å². The molecule has 0 aliphatic rings. The Hall–Kier alpha value is -2.91. The molecule has 0 aromatic carbocycles. The number of aromatic amines is 1. The number of carbonyl (C=O) groups is 2. The lowest BCUT2D eigenvalue weighted by molar-refractivity contribution is 0.0690. The van der Waals surface area contributed by atoms with Crippen molar-refractivity contribution in [2.24, 2.45) is 0 Å². The normalized spacial score (nSPS) is 10.2. The molecule has 0 unspecified atom stereocenters. The Bertz CT molecular complexity index is 577. The first-order chi connectivity index (χ1) is 9.65. The lowest BCUT2D eigenvalue weighted by Gasteiger charge is -2.06. The Kier molecular flexibility index (Phi) is 4.27. The Labute approximate surface area is 113 Å². The van der Waals surface area contributed by atoms with Crippen LogP contribution in [0.15, 0.2) is 18.7 Å². The monoisotopic (exact) mass is 279 g/mol. The molecule has 0 saturated carbocycles. The molecule has 20 heavy (non-hydrogen) atoms. The van der Waals surface area contributed by atoms with Gasteiger partial charge in [0, 0.05) is 12.7 Å². The molecule has 10 nitrogen and oxygen atoms in total. The van der Waals surface area contributed by atoms with Gasteiger partial charge in [0.1, 0.15) is 0 Å². The van der Waals surface area contributed by atoms with Gasteiger partial charge >= 0.3 is 12.0 Å². The summed E-state index contributed by atoms with van der Waals surface area (Å²) in [5.74, 6) is -1.14. The van der Waals surface area contributed by atoms with Gasteiger partial charge in [-0.2, -0.15) is 0 Å². The fourth-order valence-corrected chi connectivity index (χ4v) is 1.41. The number of carbonyl (C=O) groups excluding carboxylic acids is 1. The van der Waals surface area contributed by atoms with Crippen molar-refractivity contribution in [1.29, 1.82) is 0 Å². The molecule has 10 heteroatoms. The SMILES string of the molecule is O=C(NCCn1cc(C(=O)O)nn1)NCc1cnc[nH]1. The highest BCUT2D eigenvalue weighted by Crippen LogP contribution is 1.92. The summed E-state index contributed by atoms with van der Waals surface area (Å²) in [6, 6.07) is -0.335. The largest absolute Gasteiger partial charge is 0.476 e. The molecular weight excluding hydrogens is 266 g/mol. The molecule has 2 aromatic rings. The topological polar surface area (TPSA) is 138 Å². The van der Waals surface area contributed by atoms with E-state index in [1.165, 1.54) is 17.2 Å². The molecule has 0 radical (unpaired) electrons. The van der Waals surface area contributed by atoms with Gasteiger partial charge in [-0.1, -0.05) is 5.21 Å². The van der Waals surface area contributed by atoms with Crippen LogP contribution in [-0.4, -0.2) is 48.6 Å². The molecule has 0 fully saturated rings. The number of aromatic nitrogens is 5. The summed E-state index contributed by atoms with van der Waals surface area (Å²) in [6.45, 7) is 0.979. The Morgan fingerprint density at radius 2 is 2.25 bits per heavy atom. The minimum Gasteiger partial charge on any atom is -0.476 e. The standard InChI is InChI=1S/C10H13N7O3/c18-9(19)8-5-17(16-15-8)2-1-12-10(20)13-4-7-3-11-6-14-7/h3,5-6H,1-2,4H2,(H,11,14)(H,18,19)(H2,12,13,20). The van der Waals surface area contributed by atoms with Crippen LogP contribution in [0.4, 0.5) is 4.79 Å². The number of hydrogen-bond donors (Lipinski definition) is 4. The van der Waals surface area contributed by atoms with E-state index in [9.17, 15) is 9.59 Å². The summed E-state index contributed by atoms with van der Waals surface area (Å²) in [6.07, 6.45) is 4.44. The number of nitrogens with zero attached hydrogens (tertiary/aromatic N) is 4. The second kappa shape index (κ2) is 6.31. The van der Waals surface area contributed by atoms with Gasteiger partial charge in [0.15, 0.2) is 5.69 Å². The number of carboxylic acid groups (broad SMARTS) is 1. The van der Waals surface area contributed by atoms with Gasteiger partial charge in [-0.15, -0.1) is 5.10 Å². The Balaban J connectivity index is 1.67. The van der Waals surface area contributed by atoms with Crippen LogP contribution in [0.1, 0.15) is 16.2 Å². The van der Waals surface area contributed by atoms with Gasteiger partial charge in [0.25, 0.3) is 0 Å². The highest BCUT2D eigenvalue weighted by atomic mass is 16.4. The highest BCUT2D eigenvalue weighted by molar-refractivity contribution is 5.84. The number of imidazole rings is 1. The highest BCUT2D eigenvalue weighted by Gasteiger charge is 2.08. The summed E-state index contributed by atoms with van der Waals surface area (Å²) in [5, 5.41) is 21.0. The quantitative estimate of drug-likeness (QED) is 0.546. The van der Waals surface area contributed by atoms with Crippen molar-refractivity contribution >= 4 is 12.0 Å². The van der Waals surface area contributed by atoms with E-state index in [1.807, 2.05) is 0 Å². The van der Waals surface area contributed by atoms with E-state index < -0.39 is 5.97 Å². The van der Waals surface area contributed by atoms with E-state index in [0.29, 0.717) is 19.6 Å². The zero-order valence-electron chi connectivity index (χ0n) is 10.4. The van der Waals surface area contributed by atoms with Gasteiger partial charge in [-0.3, -0.25) is 0 Å². The van der Waals surface area contributed by atoms with Crippen LogP contribution in [0.3, 0.4) is 0 Å². The molecule has 0 bridgehead atoms. The number of amides is 2. The van der Waals surface area contributed by atoms with Crippen LogP contribution < -0.4 is 10.6 Å². The summed E-state index contributed by atoms with van der Waals surface area (Å²) in [5.41, 5.74) is 0.663. The average Bonchev–Trinajstić information content (AvgIpc) is 3.07. The predicted octanol–water partition coefficient (Wildman–Crippen LogP) is -0.801. The van der Waals surface area contributed by atoms with Crippen molar-refractivity contribution < 1.29 is 14.7 Å². The van der Waals surface area contributed by atoms with E-state index in [1.54, 1.807) is 6.20 Å². The molecule has 2 amide bonds. The number of H-pyrrole nitrogens is 1. The number of carboxylic acids is 1. The minimum absolute atomic E-state index is 0.131. The molecule has 0 saturated heterocycles. The molecule has 0 spiro atoms. The van der Waals surface area contributed by atoms with Crippen LogP contribution in [0.25, 0.3) is 0 Å². The fraction of sp³-hybridized carbons (Fsp3) is 0.300. The third kappa shape index (κ3) is 3.80. The smallest absolute Gasteiger partial charge is 0.358 e. The third-order valence-corrected chi connectivity index (χ3v) is 2.38. The van der Waals surface area contributed by atoms with Gasteiger partial charge in [-0.25, -0.2) is 19.3 Å². The van der Waals surface area contributed by atoms with E-state index >= 15 is 0 Å². The Morgan fingerprint density at radius 3 is 2.90 bits per heavy atom. The van der Waals surface area contributed by atoms with Gasteiger partial charge in [-0.05, 0) is 0 Å². The number of nitrogens with one attached hydrogen (secondary N) is 3. The van der Waals surface area contributed by atoms with Crippen molar-refractivity contribution in [1.82, 2.24) is 35.6 Å². The first kappa shape index (κ1) is 13.5. The van der Waals surface area contributed by atoms with Gasteiger partial charge in [0.05, 0.1) is 31.3 Å². The van der Waals surface area contributed by atoms with Crippen molar-refractivity contribution in [2.75, 3.05) is 6.54 Å². The van der Waals surface area contributed by atoms with Crippen LogP contribution in [0.5, 0.6) is 0 Å². The first-order valence-electron chi connectivity index (χ1n) is 5.77. The van der Waals surface area contributed by atoms with Gasteiger partial charge in [0.2, 0.25) is 0 Å².